The second-order valence-electron chi connectivity index (χ2n) is 4.51. The van der Waals surface area contributed by atoms with E-state index < -0.39 is 5.97 Å². The van der Waals surface area contributed by atoms with Gasteiger partial charge in [0, 0.05) is 24.1 Å². The molecule has 0 aliphatic rings. The quantitative estimate of drug-likeness (QED) is 0.760. The number of aliphatic carboxylic acids is 1. The van der Waals surface area contributed by atoms with Gasteiger partial charge in [0.05, 0.1) is 0 Å². The van der Waals surface area contributed by atoms with Crippen LogP contribution in [0.25, 0.3) is 6.08 Å². The molecule has 0 saturated carbocycles. The molecule has 108 valence electrons. The van der Waals surface area contributed by atoms with Gasteiger partial charge in [-0.25, -0.2) is 0 Å². The number of amides is 1. The summed E-state index contributed by atoms with van der Waals surface area (Å²) in [6, 6.07) is 7.16. The molecule has 0 saturated heterocycles. The summed E-state index contributed by atoms with van der Waals surface area (Å²) in [6.07, 6.45) is 3.86. The van der Waals surface area contributed by atoms with Gasteiger partial charge in [-0.3, -0.25) is 9.59 Å². The molecule has 0 heterocycles. The number of carbonyl (C=O) groups is 2. The van der Waals surface area contributed by atoms with E-state index in [1.807, 2.05) is 13.0 Å². The van der Waals surface area contributed by atoms with Crippen molar-refractivity contribution >= 4 is 29.6 Å². The van der Waals surface area contributed by atoms with E-state index in [1.165, 1.54) is 6.08 Å². The van der Waals surface area contributed by atoms with Crippen molar-refractivity contribution in [1.29, 1.82) is 0 Å². The molecule has 1 aromatic rings. The maximum atomic E-state index is 11.6. The van der Waals surface area contributed by atoms with Gasteiger partial charge in [-0.15, -0.1) is 0 Å². The molecule has 1 rings (SSSR count). The lowest BCUT2D eigenvalue weighted by molar-refractivity contribution is -0.138. The van der Waals surface area contributed by atoms with Crippen LogP contribution in [-0.4, -0.2) is 23.5 Å². The molecule has 0 aliphatic heterocycles. The van der Waals surface area contributed by atoms with Crippen LogP contribution in [0.4, 0.5) is 0 Å². The van der Waals surface area contributed by atoms with Gasteiger partial charge >= 0.3 is 5.97 Å². The number of rotatable bonds is 7. The third-order valence-electron chi connectivity index (χ3n) is 2.88. The summed E-state index contributed by atoms with van der Waals surface area (Å²) in [4.78, 5) is 22.2. The summed E-state index contributed by atoms with van der Waals surface area (Å²) in [6.45, 7) is 2.27. The molecule has 20 heavy (non-hydrogen) atoms. The van der Waals surface area contributed by atoms with Gasteiger partial charge in [0.25, 0.3) is 0 Å². The monoisotopic (exact) mass is 295 g/mol. The summed E-state index contributed by atoms with van der Waals surface area (Å²) in [5, 5.41) is 12.0. The molecule has 0 spiro atoms. The zero-order valence-electron chi connectivity index (χ0n) is 11.3. The van der Waals surface area contributed by atoms with Gasteiger partial charge in [0.15, 0.2) is 0 Å². The largest absolute Gasteiger partial charge is 0.481 e. The van der Waals surface area contributed by atoms with Crippen LogP contribution in [0.1, 0.15) is 25.3 Å². The minimum atomic E-state index is -0.847. The number of carbonyl (C=O) groups excluding carboxylic acids is 1. The Balaban J connectivity index is 2.45. The molecular weight excluding hydrogens is 278 g/mol. The van der Waals surface area contributed by atoms with Crippen molar-refractivity contribution in [3.8, 4) is 0 Å². The summed E-state index contributed by atoms with van der Waals surface area (Å²) in [7, 11) is 0. The molecule has 1 atom stereocenters. The first-order chi connectivity index (χ1) is 9.51. The van der Waals surface area contributed by atoms with E-state index in [4.69, 9.17) is 16.7 Å². The Morgan fingerprint density at radius 3 is 2.80 bits per heavy atom. The number of halogens is 1. The average Bonchev–Trinajstić information content (AvgIpc) is 2.40. The highest BCUT2D eigenvalue weighted by molar-refractivity contribution is 6.30. The van der Waals surface area contributed by atoms with Crippen molar-refractivity contribution < 1.29 is 14.7 Å². The van der Waals surface area contributed by atoms with Crippen molar-refractivity contribution in [1.82, 2.24) is 5.32 Å². The first kappa shape index (κ1) is 16.2. The lowest BCUT2D eigenvalue weighted by Crippen LogP contribution is -2.28. The molecule has 5 heteroatoms. The van der Waals surface area contributed by atoms with Crippen molar-refractivity contribution in [2.24, 2.45) is 5.92 Å². The summed E-state index contributed by atoms with van der Waals surface area (Å²) >= 11 is 5.84. The Hall–Kier alpha value is -1.81. The van der Waals surface area contributed by atoms with E-state index >= 15 is 0 Å². The van der Waals surface area contributed by atoms with E-state index in [1.54, 1.807) is 24.3 Å². The number of carboxylic acid groups (broad SMARTS) is 1. The molecular formula is C15H18ClNO3. The Bertz CT molecular complexity index is 500. The Morgan fingerprint density at radius 1 is 1.45 bits per heavy atom. The highest BCUT2D eigenvalue weighted by atomic mass is 35.5. The summed E-state index contributed by atoms with van der Waals surface area (Å²) in [5.74, 6) is -1.13. The first-order valence-electron chi connectivity index (χ1n) is 6.44. The molecule has 1 unspecified atom stereocenters. The van der Waals surface area contributed by atoms with Crippen LogP contribution >= 0.6 is 11.6 Å². The zero-order chi connectivity index (χ0) is 15.0. The SMILES string of the molecule is CCC(CNC(=O)/C=C/c1cccc(Cl)c1)CC(=O)O. The number of hydrogen-bond acceptors (Lipinski definition) is 2. The maximum absolute atomic E-state index is 11.6. The highest BCUT2D eigenvalue weighted by Gasteiger charge is 2.11. The van der Waals surface area contributed by atoms with Crippen LogP contribution in [0.3, 0.4) is 0 Å². The standard InChI is InChI=1S/C15H18ClNO3/c1-2-11(9-15(19)20)10-17-14(18)7-6-12-4-3-5-13(16)8-12/h3-8,11H,2,9-10H2,1H3,(H,17,18)(H,19,20)/b7-6+. The first-order valence-corrected chi connectivity index (χ1v) is 6.82. The van der Waals surface area contributed by atoms with Gasteiger partial charge in [-0.05, 0) is 29.7 Å². The summed E-state index contributed by atoms with van der Waals surface area (Å²) < 4.78 is 0. The van der Waals surface area contributed by atoms with E-state index in [0.717, 1.165) is 5.56 Å². The number of hydrogen-bond donors (Lipinski definition) is 2. The van der Waals surface area contributed by atoms with E-state index in [9.17, 15) is 9.59 Å². The summed E-state index contributed by atoms with van der Waals surface area (Å²) in [5.41, 5.74) is 0.838. The van der Waals surface area contributed by atoms with Gasteiger partial charge < -0.3 is 10.4 Å². The fourth-order valence-electron chi connectivity index (χ4n) is 1.69. The van der Waals surface area contributed by atoms with Crippen LogP contribution in [0, 0.1) is 5.92 Å². The Kier molecular flexibility index (Phi) is 6.81. The van der Waals surface area contributed by atoms with E-state index in [0.29, 0.717) is 18.0 Å². The molecule has 0 aliphatic carbocycles. The van der Waals surface area contributed by atoms with Crippen LogP contribution < -0.4 is 5.32 Å². The van der Waals surface area contributed by atoms with Gasteiger partial charge in [-0.1, -0.05) is 37.1 Å². The Labute approximate surface area is 123 Å². The molecule has 1 amide bonds. The smallest absolute Gasteiger partial charge is 0.303 e. The third-order valence-corrected chi connectivity index (χ3v) is 3.12. The normalized spacial score (nSPS) is 12.3. The van der Waals surface area contributed by atoms with Crippen LogP contribution in [0.15, 0.2) is 30.3 Å². The molecule has 0 bridgehead atoms. The second kappa shape index (κ2) is 8.38. The average molecular weight is 296 g/mol. The molecule has 0 aromatic heterocycles. The number of benzene rings is 1. The fraction of sp³-hybridized carbons (Fsp3) is 0.333. The van der Waals surface area contributed by atoms with Crippen LogP contribution in [0.2, 0.25) is 5.02 Å². The predicted octanol–water partition coefficient (Wildman–Crippen LogP) is 2.97. The van der Waals surface area contributed by atoms with Gasteiger partial charge in [0.2, 0.25) is 5.91 Å². The van der Waals surface area contributed by atoms with Crippen LogP contribution in [-0.2, 0) is 9.59 Å². The fourth-order valence-corrected chi connectivity index (χ4v) is 1.89. The maximum Gasteiger partial charge on any atom is 0.303 e. The second-order valence-corrected chi connectivity index (χ2v) is 4.94. The lowest BCUT2D eigenvalue weighted by atomic mass is 10.0. The molecule has 4 nitrogen and oxygen atoms in total. The van der Waals surface area contributed by atoms with Crippen molar-refractivity contribution in [2.45, 2.75) is 19.8 Å². The third kappa shape index (κ3) is 6.38. The lowest BCUT2D eigenvalue weighted by Gasteiger charge is -2.12. The minimum Gasteiger partial charge on any atom is -0.481 e. The highest BCUT2D eigenvalue weighted by Crippen LogP contribution is 2.11. The van der Waals surface area contributed by atoms with Gasteiger partial charge in [-0.2, -0.15) is 0 Å². The zero-order valence-corrected chi connectivity index (χ0v) is 12.1. The topological polar surface area (TPSA) is 66.4 Å². The molecule has 0 fully saturated rings. The van der Waals surface area contributed by atoms with Gasteiger partial charge in [0.1, 0.15) is 0 Å². The molecule has 2 N–H and O–H groups in total. The van der Waals surface area contributed by atoms with Crippen molar-refractivity contribution in [2.75, 3.05) is 6.54 Å². The van der Waals surface area contributed by atoms with Crippen molar-refractivity contribution in [3.63, 3.8) is 0 Å². The predicted molar refractivity (Wildman–Crippen MR) is 79.5 cm³/mol. The van der Waals surface area contributed by atoms with E-state index in [-0.39, 0.29) is 18.2 Å². The van der Waals surface area contributed by atoms with Crippen LogP contribution in [0.5, 0.6) is 0 Å². The Morgan fingerprint density at radius 2 is 2.20 bits per heavy atom. The molecule has 0 radical (unpaired) electrons. The molecule has 1 aromatic carbocycles. The number of carboxylic acids is 1. The van der Waals surface area contributed by atoms with E-state index in [2.05, 4.69) is 5.32 Å². The number of nitrogens with one attached hydrogen (secondary N) is 1. The minimum absolute atomic E-state index is 0.0454. The van der Waals surface area contributed by atoms with Crippen molar-refractivity contribution in [3.05, 3.63) is 40.9 Å².